The predicted octanol–water partition coefficient (Wildman–Crippen LogP) is 4.82. The maximum atomic E-state index is 14.6. The molecule has 3 aromatic rings. The van der Waals surface area contributed by atoms with E-state index in [1.807, 2.05) is 36.4 Å². The molecule has 4 rings (SSSR count). The number of carbonyl (C=O) groups is 2. The molecule has 0 fully saturated rings. The number of hydrogen-bond acceptors (Lipinski definition) is 4. The zero-order valence-electron chi connectivity index (χ0n) is 18.2. The van der Waals surface area contributed by atoms with Gasteiger partial charge in [-0.3, -0.25) is 4.79 Å². The third kappa shape index (κ3) is 4.98. The highest BCUT2D eigenvalue weighted by Gasteiger charge is 2.26. The summed E-state index contributed by atoms with van der Waals surface area (Å²) in [5, 5.41) is 9.24. The number of carboxylic acid groups (broad SMARTS) is 1. The van der Waals surface area contributed by atoms with Crippen molar-refractivity contribution in [2.75, 3.05) is 13.7 Å². The monoisotopic (exact) mass is 449 g/mol. The minimum atomic E-state index is -0.973. The Balaban J connectivity index is 1.61. The van der Waals surface area contributed by atoms with E-state index >= 15 is 0 Å². The fourth-order valence-corrected chi connectivity index (χ4v) is 4.12. The van der Waals surface area contributed by atoms with E-state index in [1.165, 1.54) is 13.2 Å². The zero-order valence-corrected chi connectivity index (χ0v) is 18.2. The molecule has 0 saturated heterocycles. The van der Waals surface area contributed by atoms with Gasteiger partial charge in [-0.05, 0) is 52.4 Å². The fraction of sp³-hybridized carbons (Fsp3) is 0.231. The number of fused-ring (bicyclic) bond motifs is 1. The van der Waals surface area contributed by atoms with Crippen LogP contribution in [0.15, 0.2) is 60.7 Å². The highest BCUT2D eigenvalue weighted by molar-refractivity contribution is 5.76. The molecule has 0 aliphatic carbocycles. The van der Waals surface area contributed by atoms with E-state index in [0.717, 1.165) is 16.7 Å². The lowest BCUT2D eigenvalue weighted by molar-refractivity contribution is -0.136. The first kappa shape index (κ1) is 22.3. The van der Waals surface area contributed by atoms with Crippen LogP contribution < -0.4 is 4.74 Å². The minimum absolute atomic E-state index is 0.163. The van der Waals surface area contributed by atoms with Crippen molar-refractivity contribution >= 4 is 12.1 Å². The first-order valence-corrected chi connectivity index (χ1v) is 10.6. The molecule has 1 N–H and O–H groups in total. The van der Waals surface area contributed by atoms with Crippen molar-refractivity contribution in [2.24, 2.45) is 0 Å². The van der Waals surface area contributed by atoms with Crippen molar-refractivity contribution in [2.45, 2.75) is 26.0 Å². The van der Waals surface area contributed by atoms with Crippen molar-refractivity contribution in [1.82, 2.24) is 4.90 Å². The topological polar surface area (TPSA) is 76.1 Å². The zero-order chi connectivity index (χ0) is 23.4. The number of nitrogens with zero attached hydrogens (tertiary/aromatic N) is 1. The van der Waals surface area contributed by atoms with Crippen molar-refractivity contribution in [3.63, 3.8) is 0 Å². The molecule has 0 saturated carbocycles. The molecule has 0 atom stereocenters. The molecule has 1 heterocycles. The van der Waals surface area contributed by atoms with Gasteiger partial charge in [0.15, 0.2) is 0 Å². The van der Waals surface area contributed by atoms with E-state index in [1.54, 1.807) is 23.1 Å². The molecule has 0 radical (unpaired) electrons. The van der Waals surface area contributed by atoms with Gasteiger partial charge in [0.05, 0.1) is 13.5 Å². The van der Waals surface area contributed by atoms with E-state index < -0.39 is 12.1 Å². The Morgan fingerprint density at radius 1 is 1.06 bits per heavy atom. The van der Waals surface area contributed by atoms with E-state index in [4.69, 9.17) is 9.47 Å². The van der Waals surface area contributed by atoms with Crippen LogP contribution in [0.4, 0.5) is 9.18 Å². The Morgan fingerprint density at radius 2 is 1.85 bits per heavy atom. The molecular weight excluding hydrogens is 425 g/mol. The summed E-state index contributed by atoms with van der Waals surface area (Å²) >= 11 is 0. The van der Waals surface area contributed by atoms with Gasteiger partial charge in [0.1, 0.15) is 18.2 Å². The van der Waals surface area contributed by atoms with Gasteiger partial charge in [0.2, 0.25) is 0 Å². The second-order valence-corrected chi connectivity index (χ2v) is 7.86. The van der Waals surface area contributed by atoms with Crippen molar-refractivity contribution in [1.29, 1.82) is 0 Å². The summed E-state index contributed by atoms with van der Waals surface area (Å²) in [6.45, 7) is 0.723. The van der Waals surface area contributed by atoms with Crippen LogP contribution in [-0.2, 0) is 35.5 Å². The predicted molar refractivity (Wildman–Crippen MR) is 120 cm³/mol. The average Bonchev–Trinajstić information content (AvgIpc) is 2.83. The van der Waals surface area contributed by atoms with Crippen LogP contribution in [0.5, 0.6) is 5.75 Å². The first-order chi connectivity index (χ1) is 16.0. The minimum Gasteiger partial charge on any atom is -0.496 e. The summed E-state index contributed by atoms with van der Waals surface area (Å²) in [5.74, 6) is -0.813. The second kappa shape index (κ2) is 9.73. The Hall–Kier alpha value is -3.87. The SMILES string of the molecule is COc1ccc(-c2ccc(F)c3c2CN(C(=O)OCc2ccccc2)CC3)cc1CC(=O)O. The van der Waals surface area contributed by atoms with Crippen molar-refractivity contribution in [3.8, 4) is 16.9 Å². The van der Waals surface area contributed by atoms with Gasteiger partial charge in [0, 0.05) is 18.7 Å². The molecule has 7 heteroatoms. The number of rotatable bonds is 6. The van der Waals surface area contributed by atoms with Crippen LogP contribution in [0.25, 0.3) is 11.1 Å². The average molecular weight is 449 g/mol. The summed E-state index contributed by atoms with van der Waals surface area (Å²) in [7, 11) is 1.49. The standard InChI is InChI=1S/C26H24FNO5/c1-32-24-10-7-18(13-19(24)14-25(29)30)20-8-9-23(27)21-11-12-28(15-22(20)21)26(31)33-16-17-5-3-2-4-6-17/h2-10,13H,11-12,14-16H2,1H3,(H,29,30). The maximum Gasteiger partial charge on any atom is 0.410 e. The van der Waals surface area contributed by atoms with Gasteiger partial charge in [-0.25, -0.2) is 9.18 Å². The lowest BCUT2D eigenvalue weighted by atomic mass is 9.90. The number of benzene rings is 3. The van der Waals surface area contributed by atoms with Crippen LogP contribution >= 0.6 is 0 Å². The number of halogens is 1. The van der Waals surface area contributed by atoms with E-state index in [0.29, 0.717) is 35.4 Å². The number of amides is 1. The van der Waals surface area contributed by atoms with Crippen LogP contribution in [0.2, 0.25) is 0 Å². The lowest BCUT2D eigenvalue weighted by Gasteiger charge is -2.30. The molecule has 1 amide bonds. The maximum absolute atomic E-state index is 14.6. The Labute approximate surface area is 191 Å². The molecule has 6 nitrogen and oxygen atoms in total. The largest absolute Gasteiger partial charge is 0.496 e. The summed E-state index contributed by atoms with van der Waals surface area (Å²) < 4.78 is 25.4. The van der Waals surface area contributed by atoms with Crippen LogP contribution in [-0.4, -0.2) is 35.7 Å². The summed E-state index contributed by atoms with van der Waals surface area (Å²) in [6, 6.07) is 17.7. The molecule has 0 unspecified atom stereocenters. The van der Waals surface area contributed by atoms with Crippen LogP contribution in [0.3, 0.4) is 0 Å². The van der Waals surface area contributed by atoms with E-state index in [2.05, 4.69) is 0 Å². The summed E-state index contributed by atoms with van der Waals surface area (Å²) in [4.78, 5) is 25.5. The molecular formula is C26H24FNO5. The quantitative estimate of drug-likeness (QED) is 0.584. The van der Waals surface area contributed by atoms with E-state index in [9.17, 15) is 19.1 Å². The third-order valence-electron chi connectivity index (χ3n) is 5.75. The molecule has 0 bridgehead atoms. The van der Waals surface area contributed by atoms with Crippen LogP contribution in [0, 0.1) is 5.82 Å². The number of aliphatic carboxylic acids is 1. The highest BCUT2D eigenvalue weighted by atomic mass is 19.1. The van der Waals surface area contributed by atoms with Crippen LogP contribution in [0.1, 0.15) is 22.3 Å². The van der Waals surface area contributed by atoms with Crippen molar-refractivity contribution in [3.05, 3.63) is 88.7 Å². The first-order valence-electron chi connectivity index (χ1n) is 10.6. The normalized spacial score (nSPS) is 12.7. The Kier molecular flexibility index (Phi) is 6.58. The molecule has 1 aliphatic rings. The Morgan fingerprint density at radius 3 is 2.58 bits per heavy atom. The molecule has 0 aromatic heterocycles. The smallest absolute Gasteiger partial charge is 0.410 e. The number of carboxylic acids is 1. The number of ether oxygens (including phenoxy) is 2. The highest BCUT2D eigenvalue weighted by Crippen LogP contribution is 2.34. The second-order valence-electron chi connectivity index (χ2n) is 7.86. The molecule has 170 valence electrons. The fourth-order valence-electron chi connectivity index (χ4n) is 4.12. The molecule has 0 spiro atoms. The van der Waals surface area contributed by atoms with Gasteiger partial charge in [-0.1, -0.05) is 42.5 Å². The Bertz CT molecular complexity index is 1180. The summed E-state index contributed by atoms with van der Waals surface area (Å²) in [5.41, 5.74) is 4.17. The van der Waals surface area contributed by atoms with E-state index in [-0.39, 0.29) is 25.4 Å². The molecule has 33 heavy (non-hydrogen) atoms. The number of carbonyl (C=O) groups excluding carboxylic acids is 1. The summed E-state index contributed by atoms with van der Waals surface area (Å²) in [6.07, 6.45) is -0.285. The number of methoxy groups -OCH3 is 1. The molecule has 1 aliphatic heterocycles. The number of hydrogen-bond donors (Lipinski definition) is 1. The third-order valence-corrected chi connectivity index (χ3v) is 5.75. The van der Waals surface area contributed by atoms with Gasteiger partial charge >= 0.3 is 12.1 Å². The van der Waals surface area contributed by atoms with Gasteiger partial charge in [-0.15, -0.1) is 0 Å². The van der Waals surface area contributed by atoms with Gasteiger partial charge in [-0.2, -0.15) is 0 Å². The molecule has 3 aromatic carbocycles. The van der Waals surface area contributed by atoms with Crippen molar-refractivity contribution < 1.29 is 28.6 Å². The lowest BCUT2D eigenvalue weighted by Crippen LogP contribution is -2.37. The van der Waals surface area contributed by atoms with Gasteiger partial charge in [0.25, 0.3) is 0 Å². The van der Waals surface area contributed by atoms with Gasteiger partial charge < -0.3 is 19.5 Å².